The number of likely N-dealkylation sites (N-methyl/N-ethyl adjacent to an activating group) is 1. The third-order valence-corrected chi connectivity index (χ3v) is 4.17. The van der Waals surface area contributed by atoms with Gasteiger partial charge < -0.3 is 10.1 Å². The van der Waals surface area contributed by atoms with Crippen LogP contribution in [0.1, 0.15) is 37.9 Å². The fourth-order valence-electron chi connectivity index (χ4n) is 2.96. The molecule has 3 heteroatoms. The van der Waals surface area contributed by atoms with Gasteiger partial charge in [-0.2, -0.15) is 0 Å². The Balaban J connectivity index is 2.11. The first-order chi connectivity index (χ1) is 9.61. The molecule has 0 saturated carbocycles. The molecule has 112 valence electrons. The van der Waals surface area contributed by atoms with Crippen LogP contribution in [0.5, 0.6) is 0 Å². The first-order valence-corrected chi connectivity index (χ1v) is 7.76. The number of ether oxygens (including phenoxy) is 1. The zero-order valence-electron chi connectivity index (χ0n) is 13.2. The van der Waals surface area contributed by atoms with Crippen molar-refractivity contribution in [2.45, 2.75) is 45.9 Å². The van der Waals surface area contributed by atoms with E-state index in [0.29, 0.717) is 18.2 Å². The minimum absolute atomic E-state index is 0.338. The first-order valence-electron chi connectivity index (χ1n) is 7.76. The standard InChI is InChI=1S/C17H28N2O/c1-5-18-17(16-9-7-6-8-13(16)2)11-19-10-15(4)20-12-14(19)3/h6-9,14-15,17-18H,5,10-12H2,1-4H3. The quantitative estimate of drug-likeness (QED) is 0.895. The van der Waals surface area contributed by atoms with E-state index in [2.05, 4.69) is 62.2 Å². The fourth-order valence-corrected chi connectivity index (χ4v) is 2.96. The number of morpholine rings is 1. The summed E-state index contributed by atoms with van der Waals surface area (Å²) in [6, 6.07) is 9.59. The Bertz CT molecular complexity index is 421. The van der Waals surface area contributed by atoms with E-state index < -0.39 is 0 Å². The van der Waals surface area contributed by atoms with E-state index >= 15 is 0 Å². The number of benzene rings is 1. The van der Waals surface area contributed by atoms with Crippen molar-refractivity contribution >= 4 is 0 Å². The van der Waals surface area contributed by atoms with Crippen molar-refractivity contribution in [1.29, 1.82) is 0 Å². The second kappa shape index (κ2) is 7.21. The lowest BCUT2D eigenvalue weighted by molar-refractivity contribution is -0.0521. The molecule has 3 unspecified atom stereocenters. The summed E-state index contributed by atoms with van der Waals surface area (Å²) in [4.78, 5) is 2.55. The molecule has 0 radical (unpaired) electrons. The molecular formula is C17H28N2O. The lowest BCUT2D eigenvalue weighted by Crippen LogP contribution is -2.50. The van der Waals surface area contributed by atoms with Gasteiger partial charge >= 0.3 is 0 Å². The number of nitrogens with one attached hydrogen (secondary N) is 1. The van der Waals surface area contributed by atoms with Crippen LogP contribution < -0.4 is 5.32 Å². The van der Waals surface area contributed by atoms with Gasteiger partial charge in [-0.1, -0.05) is 31.2 Å². The van der Waals surface area contributed by atoms with Gasteiger partial charge in [0.15, 0.2) is 0 Å². The second-order valence-electron chi connectivity index (χ2n) is 5.91. The predicted molar refractivity (Wildman–Crippen MR) is 84.0 cm³/mol. The van der Waals surface area contributed by atoms with Crippen molar-refractivity contribution in [2.24, 2.45) is 0 Å². The predicted octanol–water partition coefficient (Wildman–Crippen LogP) is 2.75. The summed E-state index contributed by atoms with van der Waals surface area (Å²) in [5, 5.41) is 3.64. The summed E-state index contributed by atoms with van der Waals surface area (Å²) >= 11 is 0. The zero-order valence-corrected chi connectivity index (χ0v) is 13.2. The highest BCUT2D eigenvalue weighted by Gasteiger charge is 2.26. The summed E-state index contributed by atoms with van der Waals surface area (Å²) in [5.41, 5.74) is 2.79. The molecule has 1 aliphatic rings. The van der Waals surface area contributed by atoms with Crippen LogP contribution in [0.3, 0.4) is 0 Å². The largest absolute Gasteiger partial charge is 0.376 e. The highest BCUT2D eigenvalue weighted by molar-refractivity contribution is 5.29. The van der Waals surface area contributed by atoms with Crippen molar-refractivity contribution in [3.8, 4) is 0 Å². The van der Waals surface area contributed by atoms with E-state index in [1.165, 1.54) is 11.1 Å². The molecule has 1 saturated heterocycles. The lowest BCUT2D eigenvalue weighted by Gasteiger charge is -2.39. The average molecular weight is 276 g/mol. The van der Waals surface area contributed by atoms with Crippen LogP contribution in [0, 0.1) is 6.92 Å². The van der Waals surface area contributed by atoms with Crippen molar-refractivity contribution in [1.82, 2.24) is 10.2 Å². The summed E-state index contributed by atoms with van der Waals surface area (Å²) in [7, 11) is 0. The van der Waals surface area contributed by atoms with Gasteiger partial charge in [-0.25, -0.2) is 0 Å². The van der Waals surface area contributed by atoms with Gasteiger partial charge in [0.05, 0.1) is 12.7 Å². The molecule has 1 aromatic carbocycles. The maximum atomic E-state index is 5.73. The molecule has 3 nitrogen and oxygen atoms in total. The SMILES string of the molecule is CCNC(CN1CC(C)OCC1C)c1ccccc1C. The number of hydrogen-bond donors (Lipinski definition) is 1. The number of rotatable bonds is 5. The first kappa shape index (κ1) is 15.5. The molecule has 2 rings (SSSR count). The molecule has 0 spiro atoms. The van der Waals surface area contributed by atoms with E-state index in [0.717, 1.165) is 26.2 Å². The Morgan fingerprint density at radius 3 is 2.80 bits per heavy atom. The summed E-state index contributed by atoms with van der Waals surface area (Å²) in [6.07, 6.45) is 0.338. The molecule has 0 amide bonds. The van der Waals surface area contributed by atoms with Gasteiger partial charge in [0.25, 0.3) is 0 Å². The van der Waals surface area contributed by atoms with Gasteiger partial charge in [-0.3, -0.25) is 4.90 Å². The maximum absolute atomic E-state index is 5.73. The van der Waals surface area contributed by atoms with Gasteiger partial charge in [0.2, 0.25) is 0 Å². The van der Waals surface area contributed by atoms with Crippen molar-refractivity contribution in [3.63, 3.8) is 0 Å². The highest BCUT2D eigenvalue weighted by Crippen LogP contribution is 2.21. The van der Waals surface area contributed by atoms with Crippen LogP contribution in [0.25, 0.3) is 0 Å². The van der Waals surface area contributed by atoms with Gasteiger partial charge in [0.1, 0.15) is 0 Å². The van der Waals surface area contributed by atoms with Crippen LogP contribution in [0.4, 0.5) is 0 Å². The number of hydrogen-bond acceptors (Lipinski definition) is 3. The molecule has 0 bridgehead atoms. The molecule has 20 heavy (non-hydrogen) atoms. The highest BCUT2D eigenvalue weighted by atomic mass is 16.5. The molecule has 1 aromatic rings. The Kier molecular flexibility index (Phi) is 5.58. The van der Waals surface area contributed by atoms with E-state index in [-0.39, 0.29) is 0 Å². The van der Waals surface area contributed by atoms with Crippen molar-refractivity contribution in [3.05, 3.63) is 35.4 Å². The molecule has 0 aromatic heterocycles. The Morgan fingerprint density at radius 2 is 2.10 bits per heavy atom. The molecule has 1 heterocycles. The Hall–Kier alpha value is -0.900. The van der Waals surface area contributed by atoms with E-state index in [9.17, 15) is 0 Å². The summed E-state index contributed by atoms with van der Waals surface area (Å²) < 4.78 is 5.73. The van der Waals surface area contributed by atoms with Gasteiger partial charge in [-0.15, -0.1) is 0 Å². The molecule has 0 aliphatic carbocycles. The third kappa shape index (κ3) is 3.81. The smallest absolute Gasteiger partial charge is 0.0674 e. The monoisotopic (exact) mass is 276 g/mol. The van der Waals surface area contributed by atoms with Crippen LogP contribution in [-0.4, -0.2) is 43.3 Å². The molecule has 3 atom stereocenters. The van der Waals surface area contributed by atoms with Crippen LogP contribution in [-0.2, 0) is 4.74 Å². The number of nitrogens with zero attached hydrogens (tertiary/aromatic N) is 1. The Labute approximate surface area is 123 Å². The van der Waals surface area contributed by atoms with E-state index in [1.807, 2.05) is 0 Å². The topological polar surface area (TPSA) is 24.5 Å². The average Bonchev–Trinajstić information content (AvgIpc) is 2.43. The van der Waals surface area contributed by atoms with Gasteiger partial charge in [-0.05, 0) is 38.4 Å². The van der Waals surface area contributed by atoms with Crippen molar-refractivity contribution in [2.75, 3.05) is 26.2 Å². The molecule has 1 aliphatic heterocycles. The molecular weight excluding hydrogens is 248 g/mol. The minimum Gasteiger partial charge on any atom is -0.376 e. The molecule has 1 N–H and O–H groups in total. The fraction of sp³-hybridized carbons (Fsp3) is 0.647. The lowest BCUT2D eigenvalue weighted by atomic mass is 10.00. The second-order valence-corrected chi connectivity index (χ2v) is 5.91. The van der Waals surface area contributed by atoms with Crippen LogP contribution >= 0.6 is 0 Å². The maximum Gasteiger partial charge on any atom is 0.0674 e. The van der Waals surface area contributed by atoms with Crippen molar-refractivity contribution < 1.29 is 4.74 Å². The minimum atomic E-state index is 0.338. The number of aryl methyl sites for hydroxylation is 1. The van der Waals surface area contributed by atoms with Gasteiger partial charge in [0, 0.05) is 25.2 Å². The summed E-state index contributed by atoms with van der Waals surface area (Å²) in [5.74, 6) is 0. The third-order valence-electron chi connectivity index (χ3n) is 4.17. The van der Waals surface area contributed by atoms with E-state index in [1.54, 1.807) is 0 Å². The van der Waals surface area contributed by atoms with Crippen LogP contribution in [0.15, 0.2) is 24.3 Å². The van der Waals surface area contributed by atoms with E-state index in [4.69, 9.17) is 4.74 Å². The normalized spacial score (nSPS) is 25.6. The molecule has 1 fully saturated rings. The Morgan fingerprint density at radius 1 is 1.35 bits per heavy atom. The summed E-state index contributed by atoms with van der Waals surface area (Å²) in [6.45, 7) is 12.7. The zero-order chi connectivity index (χ0) is 14.5. The van der Waals surface area contributed by atoms with Crippen LogP contribution in [0.2, 0.25) is 0 Å².